The summed E-state index contributed by atoms with van der Waals surface area (Å²) in [6.45, 7) is 0.0336. The van der Waals surface area contributed by atoms with Crippen molar-refractivity contribution in [3.63, 3.8) is 0 Å². The van der Waals surface area contributed by atoms with Gasteiger partial charge in [0.05, 0.1) is 6.20 Å². The van der Waals surface area contributed by atoms with Gasteiger partial charge in [0.2, 0.25) is 5.89 Å². The molecule has 4 rings (SSSR count). The van der Waals surface area contributed by atoms with E-state index in [9.17, 15) is 4.79 Å². The average Bonchev–Trinajstić information content (AvgIpc) is 3.37. The summed E-state index contributed by atoms with van der Waals surface area (Å²) in [5.74, 6) is 0.834. The second kappa shape index (κ2) is 7.95. The van der Waals surface area contributed by atoms with Crippen molar-refractivity contribution in [2.75, 3.05) is 0 Å². The fourth-order valence-electron chi connectivity index (χ4n) is 2.63. The van der Waals surface area contributed by atoms with Gasteiger partial charge < -0.3 is 4.52 Å². The Morgan fingerprint density at radius 1 is 1.07 bits per heavy atom. The van der Waals surface area contributed by atoms with E-state index in [1.54, 1.807) is 18.5 Å². The number of rotatable bonds is 6. The minimum Gasteiger partial charge on any atom is -0.337 e. The molecule has 0 atom stereocenters. The summed E-state index contributed by atoms with van der Waals surface area (Å²) in [6.07, 6.45) is 6.09. The number of hydrogen-bond acceptors (Lipinski definition) is 6. The summed E-state index contributed by atoms with van der Waals surface area (Å²) in [4.78, 5) is 16.8. The first-order valence-corrected chi connectivity index (χ1v) is 9.17. The van der Waals surface area contributed by atoms with Crippen LogP contribution in [0.15, 0.2) is 58.2 Å². The molecule has 1 aromatic carbocycles. The van der Waals surface area contributed by atoms with Crippen LogP contribution in [-0.2, 0) is 19.4 Å². The van der Waals surface area contributed by atoms with Crippen molar-refractivity contribution in [3.8, 4) is 5.69 Å². The predicted molar refractivity (Wildman–Crippen MR) is 103 cm³/mol. The number of benzene rings is 1. The molecule has 0 aliphatic rings. The van der Waals surface area contributed by atoms with Gasteiger partial charge in [-0.1, -0.05) is 40.5 Å². The van der Waals surface area contributed by atoms with E-state index in [0.29, 0.717) is 23.0 Å². The van der Waals surface area contributed by atoms with E-state index in [2.05, 4.69) is 20.3 Å². The van der Waals surface area contributed by atoms with E-state index in [-0.39, 0.29) is 17.5 Å². The van der Waals surface area contributed by atoms with Gasteiger partial charge in [-0.05, 0) is 30.2 Å². The van der Waals surface area contributed by atoms with Crippen molar-refractivity contribution < 1.29 is 4.52 Å². The lowest BCUT2D eigenvalue weighted by molar-refractivity contribution is 0.358. The maximum Gasteiger partial charge on any atom is 0.288 e. The van der Waals surface area contributed by atoms with Crippen LogP contribution in [0, 0.1) is 0 Å². The lowest BCUT2D eigenvalue weighted by Gasteiger charge is -2.06. The highest BCUT2D eigenvalue weighted by Crippen LogP contribution is 2.14. The zero-order valence-electron chi connectivity index (χ0n) is 14.5. The van der Waals surface area contributed by atoms with Crippen LogP contribution in [0.5, 0.6) is 0 Å². The molecule has 0 aliphatic heterocycles. The van der Waals surface area contributed by atoms with E-state index >= 15 is 0 Å². The highest BCUT2D eigenvalue weighted by molar-refractivity contribution is 6.32. The number of aryl methyl sites for hydroxylation is 2. The van der Waals surface area contributed by atoms with Crippen LogP contribution in [0.25, 0.3) is 5.69 Å². The smallest absolute Gasteiger partial charge is 0.288 e. The van der Waals surface area contributed by atoms with Gasteiger partial charge in [0.1, 0.15) is 17.3 Å². The largest absolute Gasteiger partial charge is 0.337 e. The maximum absolute atomic E-state index is 12.5. The third-order valence-electron chi connectivity index (χ3n) is 4.06. The van der Waals surface area contributed by atoms with Crippen LogP contribution >= 0.6 is 23.2 Å². The SMILES string of the molecule is O=c1c(Cl)c(-n2cccn2)cnn1Cc1nc(CCc2ccc(Cl)cc2)no1. The van der Waals surface area contributed by atoms with Crippen LogP contribution in [0.1, 0.15) is 17.3 Å². The average molecular weight is 417 g/mol. The van der Waals surface area contributed by atoms with E-state index in [1.807, 2.05) is 24.3 Å². The van der Waals surface area contributed by atoms with Gasteiger partial charge in [0, 0.05) is 23.8 Å². The molecule has 0 radical (unpaired) electrons. The highest BCUT2D eigenvalue weighted by Gasteiger charge is 2.14. The number of halogens is 2. The third kappa shape index (κ3) is 3.97. The van der Waals surface area contributed by atoms with Gasteiger partial charge in [-0.3, -0.25) is 4.79 Å². The molecule has 0 spiro atoms. The van der Waals surface area contributed by atoms with Crippen molar-refractivity contribution in [2.24, 2.45) is 0 Å². The molecular weight excluding hydrogens is 403 g/mol. The second-order valence-corrected chi connectivity index (χ2v) is 6.80. The molecule has 0 saturated heterocycles. The molecule has 0 unspecified atom stereocenters. The lowest BCUT2D eigenvalue weighted by atomic mass is 10.1. The van der Waals surface area contributed by atoms with Gasteiger partial charge in [-0.15, -0.1) is 0 Å². The predicted octanol–water partition coefficient (Wildman–Crippen LogP) is 2.95. The number of aromatic nitrogens is 6. The summed E-state index contributed by atoms with van der Waals surface area (Å²) >= 11 is 12.1. The van der Waals surface area contributed by atoms with Crippen LogP contribution in [0.3, 0.4) is 0 Å². The van der Waals surface area contributed by atoms with Crippen molar-refractivity contribution in [2.45, 2.75) is 19.4 Å². The zero-order chi connectivity index (χ0) is 19.5. The Labute approximate surface area is 169 Å². The molecule has 10 heteroatoms. The molecule has 0 N–H and O–H groups in total. The van der Waals surface area contributed by atoms with Gasteiger partial charge in [-0.25, -0.2) is 9.36 Å². The topological polar surface area (TPSA) is 91.6 Å². The minimum absolute atomic E-state index is 0.0150. The van der Waals surface area contributed by atoms with Crippen LogP contribution in [-0.4, -0.2) is 29.7 Å². The monoisotopic (exact) mass is 416 g/mol. The molecular formula is C18H14Cl2N6O2. The van der Waals surface area contributed by atoms with E-state index in [0.717, 1.165) is 12.0 Å². The van der Waals surface area contributed by atoms with Gasteiger partial charge in [0.25, 0.3) is 5.56 Å². The highest BCUT2D eigenvalue weighted by atomic mass is 35.5. The normalized spacial score (nSPS) is 11.1. The maximum atomic E-state index is 12.5. The Bertz CT molecular complexity index is 1140. The third-order valence-corrected chi connectivity index (χ3v) is 4.67. The molecule has 28 heavy (non-hydrogen) atoms. The Morgan fingerprint density at radius 2 is 1.89 bits per heavy atom. The Hall–Kier alpha value is -2.97. The summed E-state index contributed by atoms with van der Waals surface area (Å²) in [5, 5.41) is 12.8. The summed E-state index contributed by atoms with van der Waals surface area (Å²) < 4.78 is 7.88. The number of hydrogen-bond donors (Lipinski definition) is 0. The molecule has 3 aromatic heterocycles. The molecule has 3 heterocycles. The van der Waals surface area contributed by atoms with Gasteiger partial charge in [-0.2, -0.15) is 15.2 Å². The first kappa shape index (κ1) is 18.4. The van der Waals surface area contributed by atoms with Crippen molar-refractivity contribution >= 4 is 23.2 Å². The second-order valence-electron chi connectivity index (χ2n) is 5.99. The van der Waals surface area contributed by atoms with Gasteiger partial charge in [0.15, 0.2) is 5.82 Å². The van der Waals surface area contributed by atoms with Gasteiger partial charge >= 0.3 is 0 Å². The number of nitrogens with zero attached hydrogens (tertiary/aromatic N) is 6. The van der Waals surface area contributed by atoms with Crippen LogP contribution < -0.4 is 5.56 Å². The van der Waals surface area contributed by atoms with Crippen molar-refractivity contribution in [1.29, 1.82) is 0 Å². The molecule has 0 aliphatic carbocycles. The summed E-state index contributed by atoms with van der Waals surface area (Å²) in [5.41, 5.74) is 1.06. The van der Waals surface area contributed by atoms with E-state index in [1.165, 1.54) is 15.6 Å². The lowest BCUT2D eigenvalue weighted by Crippen LogP contribution is -2.25. The standard InChI is InChI=1S/C18H14Cl2N6O2/c19-13-5-2-12(3-6-13)4-7-15-23-16(28-24-15)11-26-18(27)17(20)14(10-22-26)25-9-1-8-21-25/h1-3,5-6,8-10H,4,7,11H2. The Kier molecular flexibility index (Phi) is 5.23. The Morgan fingerprint density at radius 3 is 2.64 bits per heavy atom. The first-order valence-electron chi connectivity index (χ1n) is 8.42. The van der Waals surface area contributed by atoms with Crippen LogP contribution in [0.4, 0.5) is 0 Å². The fraction of sp³-hybridized carbons (Fsp3) is 0.167. The molecule has 8 nitrogen and oxygen atoms in total. The first-order chi connectivity index (χ1) is 13.6. The summed E-state index contributed by atoms with van der Waals surface area (Å²) in [7, 11) is 0. The molecule has 0 saturated carbocycles. The van der Waals surface area contributed by atoms with E-state index < -0.39 is 5.56 Å². The Balaban J connectivity index is 1.46. The van der Waals surface area contributed by atoms with E-state index in [4.69, 9.17) is 27.7 Å². The molecule has 0 bridgehead atoms. The molecule has 0 amide bonds. The van der Waals surface area contributed by atoms with Crippen molar-refractivity contribution in [3.05, 3.63) is 86.6 Å². The zero-order valence-corrected chi connectivity index (χ0v) is 16.0. The molecule has 4 aromatic rings. The minimum atomic E-state index is -0.462. The molecule has 142 valence electrons. The quantitative estimate of drug-likeness (QED) is 0.479. The fourth-order valence-corrected chi connectivity index (χ4v) is 2.99. The molecule has 0 fully saturated rings. The summed E-state index contributed by atoms with van der Waals surface area (Å²) in [6, 6.07) is 9.32. The van der Waals surface area contributed by atoms with Crippen LogP contribution in [0.2, 0.25) is 10.0 Å². The van der Waals surface area contributed by atoms with Crippen molar-refractivity contribution in [1.82, 2.24) is 29.7 Å².